The fourth-order valence-corrected chi connectivity index (χ4v) is 8.56. The molecule has 2 aromatic heterocycles. The number of rotatable bonds is 11. The van der Waals surface area contributed by atoms with Crippen LogP contribution >= 0.6 is 8.53 Å². The first-order chi connectivity index (χ1) is 22.5. The zero-order valence-corrected chi connectivity index (χ0v) is 28.7. The lowest BCUT2D eigenvalue weighted by Crippen LogP contribution is -2.38. The molecule has 1 aromatic carbocycles. The predicted molar refractivity (Wildman–Crippen MR) is 172 cm³/mol. The Morgan fingerprint density at radius 1 is 1.21 bits per heavy atom. The third kappa shape index (κ3) is 6.60. The van der Waals surface area contributed by atoms with Gasteiger partial charge in [0, 0.05) is 6.54 Å². The smallest absolute Gasteiger partial charge is 0.313 e. The van der Waals surface area contributed by atoms with Crippen molar-refractivity contribution in [3.8, 4) is 11.9 Å². The van der Waals surface area contributed by atoms with Crippen molar-refractivity contribution in [3.05, 3.63) is 48.0 Å². The van der Waals surface area contributed by atoms with Gasteiger partial charge in [0.1, 0.15) is 30.2 Å². The van der Waals surface area contributed by atoms with E-state index in [9.17, 15) is 4.79 Å². The van der Waals surface area contributed by atoms with Crippen molar-refractivity contribution in [2.75, 3.05) is 19.9 Å². The van der Waals surface area contributed by atoms with Gasteiger partial charge in [0.15, 0.2) is 24.2 Å². The van der Waals surface area contributed by atoms with Crippen molar-refractivity contribution in [2.45, 2.75) is 103 Å². The van der Waals surface area contributed by atoms with Crippen LogP contribution in [-0.4, -0.2) is 74.5 Å². The molecular weight excluding hydrogens is 623 g/mol. The Morgan fingerprint density at radius 3 is 2.72 bits per heavy atom. The summed E-state index contributed by atoms with van der Waals surface area (Å²) in [5.41, 5.74) is 0.826. The van der Waals surface area contributed by atoms with E-state index < -0.39 is 38.0 Å². The molecule has 6 rings (SSSR count). The van der Waals surface area contributed by atoms with E-state index in [4.69, 9.17) is 33.3 Å². The first kappa shape index (κ1) is 33.7. The maximum atomic E-state index is 12.7. The van der Waals surface area contributed by atoms with Gasteiger partial charge in [0.05, 0.1) is 36.4 Å². The van der Waals surface area contributed by atoms with Crippen LogP contribution < -0.4 is 4.74 Å². The Balaban J connectivity index is 1.32. The molecule has 1 unspecified atom stereocenters. The standard InChI is InChI=1S/C33H43N6O7P/c1-7-23-26(45-47-39-17-11-15-24(39)33(6,46-47)22-13-9-8-10-14-22)27(42-20-43-31(40)32(3,4)5)30(44-23)38-19-35-25-28(38)36-21(2)37-29(25)41-18-12-16-34/h8-10,13-14,19,23-24,26-27,30H,7,11-12,15,17-18,20H2,1-6H3/t23-,24+,26?,27+,30-,33-,47+/m1/s1. The zero-order chi connectivity index (χ0) is 33.3. The molecule has 0 bridgehead atoms. The van der Waals surface area contributed by atoms with Gasteiger partial charge in [0.25, 0.3) is 8.53 Å². The highest BCUT2D eigenvalue weighted by Gasteiger charge is 2.58. The Hall–Kier alpha value is -3.24. The zero-order valence-electron chi connectivity index (χ0n) is 27.8. The molecule has 0 radical (unpaired) electrons. The summed E-state index contributed by atoms with van der Waals surface area (Å²) in [6.07, 6.45) is 2.17. The summed E-state index contributed by atoms with van der Waals surface area (Å²) in [6.45, 7) is 12.1. The molecule has 3 aliphatic heterocycles. The van der Waals surface area contributed by atoms with Crippen LogP contribution in [0, 0.1) is 23.7 Å². The van der Waals surface area contributed by atoms with Gasteiger partial charge in [0.2, 0.25) is 5.88 Å². The van der Waals surface area contributed by atoms with E-state index in [-0.39, 0.29) is 37.9 Å². The number of aryl methyl sites for hydroxylation is 1. The van der Waals surface area contributed by atoms with Crippen molar-refractivity contribution in [1.82, 2.24) is 24.2 Å². The average molecular weight is 667 g/mol. The molecule has 3 aromatic rings. The van der Waals surface area contributed by atoms with Crippen molar-refractivity contribution in [1.29, 1.82) is 5.26 Å². The van der Waals surface area contributed by atoms with E-state index in [0.717, 1.165) is 24.9 Å². The number of hydrogen-bond donors (Lipinski definition) is 0. The molecular formula is C33H43N6O7P. The quantitative estimate of drug-likeness (QED) is 0.107. The lowest BCUT2D eigenvalue weighted by molar-refractivity contribution is -0.178. The van der Waals surface area contributed by atoms with Gasteiger partial charge < -0.3 is 28.0 Å². The Bertz CT molecular complexity index is 1610. The maximum absolute atomic E-state index is 12.7. The van der Waals surface area contributed by atoms with Crippen LogP contribution in [-0.2, 0) is 33.7 Å². The number of imidazole rings is 1. The number of aromatic nitrogens is 4. The fourth-order valence-electron chi connectivity index (χ4n) is 6.40. The van der Waals surface area contributed by atoms with E-state index in [2.05, 4.69) is 44.7 Å². The SMILES string of the molecule is CC[C@H]1O[C@@H](n2cnc3c(OCCC#N)nc(C)nc32)[C@@H](OCOC(=O)C(C)(C)C)C1O[P@@]1O[C@](C)(c2ccccc2)[C@@H]2CCCN21. The summed E-state index contributed by atoms with van der Waals surface area (Å²) in [5, 5.41) is 8.98. The molecule has 3 aliphatic rings. The Kier molecular flexibility index (Phi) is 9.81. The van der Waals surface area contributed by atoms with Crippen molar-refractivity contribution in [2.24, 2.45) is 5.41 Å². The third-order valence-electron chi connectivity index (χ3n) is 8.88. The van der Waals surface area contributed by atoms with Gasteiger partial charge in [-0.05, 0) is 59.4 Å². The summed E-state index contributed by atoms with van der Waals surface area (Å²) in [4.78, 5) is 26.3. The summed E-state index contributed by atoms with van der Waals surface area (Å²) in [6, 6.07) is 12.6. The molecule has 0 N–H and O–H groups in total. The van der Waals surface area contributed by atoms with Gasteiger partial charge in [-0.25, -0.2) is 14.6 Å². The van der Waals surface area contributed by atoms with E-state index in [1.807, 2.05) is 25.1 Å². The Labute approximate surface area is 276 Å². The molecule has 0 amide bonds. The number of carbonyl (C=O) groups excluding carboxylic acids is 1. The number of nitrogens with zero attached hydrogens (tertiary/aromatic N) is 6. The van der Waals surface area contributed by atoms with E-state index >= 15 is 0 Å². The number of benzene rings is 1. The number of nitriles is 1. The van der Waals surface area contributed by atoms with Crippen LogP contribution in [0.2, 0.25) is 0 Å². The van der Waals surface area contributed by atoms with Crippen LogP contribution in [0.15, 0.2) is 36.7 Å². The fraction of sp³-hybridized carbons (Fsp3) is 0.606. The van der Waals surface area contributed by atoms with Crippen LogP contribution in [0.3, 0.4) is 0 Å². The molecule has 47 heavy (non-hydrogen) atoms. The van der Waals surface area contributed by atoms with Crippen LogP contribution in [0.25, 0.3) is 11.2 Å². The van der Waals surface area contributed by atoms with E-state index in [1.165, 1.54) is 0 Å². The summed E-state index contributed by atoms with van der Waals surface area (Å²) in [5.74, 6) is 0.387. The molecule has 252 valence electrons. The number of esters is 1. The molecule has 0 aliphatic carbocycles. The minimum Gasteiger partial charge on any atom is -0.475 e. The van der Waals surface area contributed by atoms with E-state index in [0.29, 0.717) is 29.3 Å². The third-order valence-corrected chi connectivity index (χ3v) is 10.7. The van der Waals surface area contributed by atoms with Gasteiger partial charge in [-0.15, -0.1) is 0 Å². The van der Waals surface area contributed by atoms with Crippen molar-refractivity contribution < 1.29 is 32.8 Å². The number of ether oxygens (including phenoxy) is 4. The Morgan fingerprint density at radius 2 is 2.00 bits per heavy atom. The average Bonchev–Trinajstić information content (AvgIpc) is 3.82. The first-order valence-corrected chi connectivity index (χ1v) is 17.3. The highest BCUT2D eigenvalue weighted by molar-refractivity contribution is 7.45. The summed E-state index contributed by atoms with van der Waals surface area (Å²) in [7, 11) is -1.47. The number of fused-ring (bicyclic) bond motifs is 2. The molecule has 0 spiro atoms. The van der Waals surface area contributed by atoms with Crippen LogP contribution in [0.5, 0.6) is 5.88 Å². The van der Waals surface area contributed by atoms with Crippen LogP contribution in [0.1, 0.15) is 77.9 Å². The summed E-state index contributed by atoms with van der Waals surface area (Å²) < 4.78 is 42.4. The lowest BCUT2D eigenvalue weighted by atomic mass is 9.87. The second kappa shape index (κ2) is 13.7. The van der Waals surface area contributed by atoms with Gasteiger partial charge in [-0.2, -0.15) is 10.2 Å². The van der Waals surface area contributed by atoms with Crippen molar-refractivity contribution >= 4 is 25.7 Å². The largest absolute Gasteiger partial charge is 0.475 e. The van der Waals surface area contributed by atoms with Gasteiger partial charge in [-0.3, -0.25) is 9.36 Å². The molecule has 7 atom stereocenters. The highest BCUT2D eigenvalue weighted by atomic mass is 31.2. The normalized spacial score (nSPS) is 29.2. The molecule has 13 nitrogen and oxygen atoms in total. The van der Waals surface area contributed by atoms with Gasteiger partial charge in [-0.1, -0.05) is 37.3 Å². The molecule has 5 heterocycles. The number of hydrogen-bond acceptors (Lipinski definition) is 12. The van der Waals surface area contributed by atoms with Gasteiger partial charge >= 0.3 is 5.97 Å². The minimum atomic E-state index is -1.47. The lowest BCUT2D eigenvalue weighted by Gasteiger charge is -2.30. The highest BCUT2D eigenvalue weighted by Crippen LogP contribution is 2.64. The second-order valence-electron chi connectivity index (χ2n) is 13.3. The maximum Gasteiger partial charge on any atom is 0.313 e. The molecule has 3 fully saturated rings. The minimum absolute atomic E-state index is 0.177. The first-order valence-electron chi connectivity index (χ1n) is 16.2. The summed E-state index contributed by atoms with van der Waals surface area (Å²) >= 11 is 0. The van der Waals surface area contributed by atoms with E-state index in [1.54, 1.807) is 38.6 Å². The van der Waals surface area contributed by atoms with Crippen molar-refractivity contribution in [3.63, 3.8) is 0 Å². The molecule has 3 saturated heterocycles. The topological polar surface area (TPSA) is 143 Å². The second-order valence-corrected chi connectivity index (χ2v) is 14.6. The monoisotopic (exact) mass is 666 g/mol. The molecule has 14 heteroatoms. The predicted octanol–water partition coefficient (Wildman–Crippen LogP) is 5.69. The molecule has 0 saturated carbocycles. The number of carbonyl (C=O) groups is 1. The van der Waals surface area contributed by atoms with Crippen LogP contribution in [0.4, 0.5) is 0 Å².